The first-order valence-electron chi connectivity index (χ1n) is 9.14. The molecule has 130 valence electrons. The van der Waals surface area contributed by atoms with Gasteiger partial charge in [-0.05, 0) is 43.9 Å². The van der Waals surface area contributed by atoms with E-state index in [1.165, 1.54) is 31.4 Å². The molecular weight excluding hydrogens is 305 g/mol. The molecule has 1 saturated heterocycles. The first-order chi connectivity index (χ1) is 11.7. The summed E-state index contributed by atoms with van der Waals surface area (Å²) in [6, 6.07) is 7.03. The summed E-state index contributed by atoms with van der Waals surface area (Å²) in [6.07, 6.45) is 5.46. The summed E-state index contributed by atoms with van der Waals surface area (Å²) >= 11 is 0. The molecule has 0 bridgehead atoms. The van der Waals surface area contributed by atoms with Gasteiger partial charge in [0.15, 0.2) is 5.96 Å². The maximum atomic E-state index is 13.0. The number of aliphatic imine (C=N–C) groups is 1. The highest BCUT2D eigenvalue weighted by molar-refractivity contribution is 5.80. The Kier molecular flexibility index (Phi) is 4.21. The van der Waals surface area contributed by atoms with E-state index in [4.69, 9.17) is 9.73 Å². The summed E-state index contributed by atoms with van der Waals surface area (Å²) in [7, 11) is 0. The van der Waals surface area contributed by atoms with Gasteiger partial charge in [-0.2, -0.15) is 0 Å². The monoisotopic (exact) mass is 331 g/mol. The van der Waals surface area contributed by atoms with Crippen LogP contribution in [0, 0.1) is 17.2 Å². The van der Waals surface area contributed by atoms with Crippen LogP contribution in [0.25, 0.3) is 0 Å². The van der Waals surface area contributed by atoms with Crippen molar-refractivity contribution in [2.75, 3.05) is 13.2 Å². The van der Waals surface area contributed by atoms with E-state index in [2.05, 4.69) is 17.6 Å². The van der Waals surface area contributed by atoms with Crippen LogP contribution in [-0.4, -0.2) is 31.3 Å². The molecule has 5 heteroatoms. The first-order valence-corrected chi connectivity index (χ1v) is 9.14. The van der Waals surface area contributed by atoms with E-state index >= 15 is 0 Å². The van der Waals surface area contributed by atoms with Gasteiger partial charge < -0.3 is 15.4 Å². The van der Waals surface area contributed by atoms with Gasteiger partial charge in [-0.25, -0.2) is 9.38 Å². The first kappa shape index (κ1) is 15.9. The molecule has 3 fully saturated rings. The number of hydrogen-bond donors (Lipinski definition) is 2. The van der Waals surface area contributed by atoms with Crippen LogP contribution in [0.15, 0.2) is 29.3 Å². The van der Waals surface area contributed by atoms with Crippen LogP contribution in [0.5, 0.6) is 0 Å². The van der Waals surface area contributed by atoms with Crippen molar-refractivity contribution in [2.24, 2.45) is 16.3 Å². The third-order valence-corrected chi connectivity index (χ3v) is 6.01. The van der Waals surface area contributed by atoms with E-state index in [0.29, 0.717) is 30.0 Å². The minimum absolute atomic E-state index is 0.207. The Morgan fingerprint density at radius 1 is 1.33 bits per heavy atom. The van der Waals surface area contributed by atoms with Gasteiger partial charge in [0.1, 0.15) is 5.82 Å². The number of rotatable bonds is 4. The molecule has 3 aliphatic rings. The minimum atomic E-state index is -0.207. The van der Waals surface area contributed by atoms with Gasteiger partial charge >= 0.3 is 0 Å². The highest BCUT2D eigenvalue weighted by Crippen LogP contribution is 2.62. The molecule has 2 aliphatic carbocycles. The van der Waals surface area contributed by atoms with Gasteiger partial charge in [0.2, 0.25) is 0 Å². The Bertz CT molecular complexity index is 612. The molecule has 1 aromatic carbocycles. The van der Waals surface area contributed by atoms with Crippen LogP contribution < -0.4 is 10.6 Å². The van der Waals surface area contributed by atoms with Crippen LogP contribution in [0.2, 0.25) is 0 Å². The van der Waals surface area contributed by atoms with Crippen molar-refractivity contribution in [1.82, 2.24) is 10.6 Å². The standard InChI is InChI=1S/C19H26FN3O/c1-2-21-18(22-12-13-4-6-14(20)7-5-13)23-16-15-8-11-24-17(15)19(16)9-3-10-19/h4-7,15-17H,2-3,8-12H2,1H3,(H2,21,22,23). The fourth-order valence-corrected chi connectivity index (χ4v) is 4.68. The van der Waals surface area contributed by atoms with E-state index in [1.54, 1.807) is 12.1 Å². The van der Waals surface area contributed by atoms with Crippen molar-refractivity contribution >= 4 is 5.96 Å². The predicted molar refractivity (Wildman–Crippen MR) is 92.3 cm³/mol. The van der Waals surface area contributed by atoms with Gasteiger partial charge in [0.25, 0.3) is 0 Å². The van der Waals surface area contributed by atoms with E-state index < -0.39 is 0 Å². The molecule has 0 radical (unpaired) electrons. The lowest BCUT2D eigenvalue weighted by Crippen LogP contribution is -2.72. The number of ether oxygens (including phenoxy) is 1. The molecule has 3 unspecified atom stereocenters. The molecule has 3 atom stereocenters. The molecule has 0 amide bonds. The minimum Gasteiger partial charge on any atom is -0.377 e. The van der Waals surface area contributed by atoms with E-state index in [1.807, 2.05) is 0 Å². The highest BCUT2D eigenvalue weighted by Gasteiger charge is 2.66. The van der Waals surface area contributed by atoms with Gasteiger partial charge in [0, 0.05) is 30.5 Å². The number of fused-ring (bicyclic) bond motifs is 2. The second kappa shape index (κ2) is 6.36. The zero-order chi connectivity index (χ0) is 16.6. The van der Waals surface area contributed by atoms with Crippen molar-refractivity contribution in [1.29, 1.82) is 0 Å². The summed E-state index contributed by atoms with van der Waals surface area (Å²) in [4.78, 5) is 4.70. The third kappa shape index (κ3) is 2.59. The molecule has 1 aliphatic heterocycles. The Labute approximate surface area is 142 Å². The van der Waals surface area contributed by atoms with Crippen LogP contribution in [0.1, 0.15) is 38.2 Å². The summed E-state index contributed by atoms with van der Waals surface area (Å²) in [5, 5.41) is 7.04. The largest absolute Gasteiger partial charge is 0.377 e. The zero-order valence-electron chi connectivity index (χ0n) is 14.2. The highest BCUT2D eigenvalue weighted by atomic mass is 19.1. The Morgan fingerprint density at radius 3 is 2.79 bits per heavy atom. The summed E-state index contributed by atoms with van der Waals surface area (Å²) in [6.45, 7) is 4.37. The predicted octanol–water partition coefficient (Wildman–Crippen LogP) is 2.84. The van der Waals surface area contributed by atoms with Gasteiger partial charge in [-0.15, -0.1) is 0 Å². The zero-order valence-corrected chi connectivity index (χ0v) is 14.2. The van der Waals surface area contributed by atoms with Crippen LogP contribution in [0.4, 0.5) is 4.39 Å². The number of halogens is 1. The number of guanidine groups is 1. The number of benzene rings is 1. The molecule has 4 rings (SSSR count). The van der Waals surface area contributed by atoms with Crippen molar-refractivity contribution < 1.29 is 9.13 Å². The second-order valence-corrected chi connectivity index (χ2v) is 7.27. The maximum Gasteiger partial charge on any atom is 0.191 e. The van der Waals surface area contributed by atoms with Crippen molar-refractivity contribution in [2.45, 2.75) is 51.3 Å². The van der Waals surface area contributed by atoms with Gasteiger partial charge in [-0.3, -0.25) is 0 Å². The molecule has 0 aromatic heterocycles. The van der Waals surface area contributed by atoms with Crippen molar-refractivity contribution in [3.63, 3.8) is 0 Å². The number of nitrogens with zero attached hydrogens (tertiary/aromatic N) is 1. The fraction of sp³-hybridized carbons (Fsp3) is 0.632. The lowest BCUT2D eigenvalue weighted by Gasteiger charge is -2.63. The van der Waals surface area contributed by atoms with Crippen LogP contribution in [0.3, 0.4) is 0 Å². The topological polar surface area (TPSA) is 45.7 Å². The Hall–Kier alpha value is -1.62. The normalized spacial score (nSPS) is 30.4. The van der Waals surface area contributed by atoms with Crippen LogP contribution in [-0.2, 0) is 11.3 Å². The molecule has 24 heavy (non-hydrogen) atoms. The van der Waals surface area contributed by atoms with E-state index in [0.717, 1.165) is 31.1 Å². The smallest absolute Gasteiger partial charge is 0.191 e. The quantitative estimate of drug-likeness (QED) is 0.659. The van der Waals surface area contributed by atoms with E-state index in [-0.39, 0.29) is 5.82 Å². The molecule has 2 saturated carbocycles. The lowest BCUT2D eigenvalue weighted by molar-refractivity contribution is -0.171. The molecule has 2 N–H and O–H groups in total. The SMILES string of the molecule is CCNC(=NCc1ccc(F)cc1)NC1C2CCOC2C12CCC2. The fourth-order valence-electron chi connectivity index (χ4n) is 4.68. The van der Waals surface area contributed by atoms with Crippen molar-refractivity contribution in [3.05, 3.63) is 35.6 Å². The number of hydrogen-bond acceptors (Lipinski definition) is 2. The molecule has 1 heterocycles. The summed E-state index contributed by atoms with van der Waals surface area (Å²) in [5.74, 6) is 1.28. The Morgan fingerprint density at radius 2 is 2.12 bits per heavy atom. The molecular formula is C19H26FN3O. The average Bonchev–Trinajstić information content (AvgIpc) is 2.95. The van der Waals surface area contributed by atoms with Gasteiger partial charge in [-0.1, -0.05) is 18.6 Å². The summed E-state index contributed by atoms with van der Waals surface area (Å²) in [5.41, 5.74) is 1.36. The van der Waals surface area contributed by atoms with Crippen molar-refractivity contribution in [3.8, 4) is 0 Å². The van der Waals surface area contributed by atoms with E-state index in [9.17, 15) is 4.39 Å². The lowest BCUT2D eigenvalue weighted by atomic mass is 9.46. The summed E-state index contributed by atoms with van der Waals surface area (Å²) < 4.78 is 19.0. The average molecular weight is 331 g/mol. The Balaban J connectivity index is 1.45. The molecule has 1 spiro atoms. The molecule has 4 nitrogen and oxygen atoms in total. The number of nitrogens with one attached hydrogen (secondary N) is 2. The molecule has 1 aromatic rings. The second-order valence-electron chi connectivity index (χ2n) is 7.27. The third-order valence-electron chi connectivity index (χ3n) is 6.01. The van der Waals surface area contributed by atoms with Crippen LogP contribution >= 0.6 is 0 Å². The maximum absolute atomic E-state index is 13.0. The van der Waals surface area contributed by atoms with Gasteiger partial charge in [0.05, 0.1) is 12.6 Å².